The summed E-state index contributed by atoms with van der Waals surface area (Å²) in [4.78, 5) is 14.1. The van der Waals surface area contributed by atoms with Gasteiger partial charge in [-0.3, -0.25) is 4.79 Å². The van der Waals surface area contributed by atoms with Crippen LogP contribution in [0.3, 0.4) is 0 Å². The largest absolute Gasteiger partial charge is 0.467 e. The molecule has 0 saturated heterocycles. The standard InChI is InChI=1S/C22H23N3O3/c1-16-7-9-17(10-8-16)19-13-20(21-6-4-12-28-21)25(23-19)22(26)15-24(2)14-18-5-3-11-27-18/h3-12,20H,13-15H2,1-2H3/p+1/t20-/m1/s1. The Kier molecular flexibility index (Phi) is 5.12. The quantitative estimate of drug-likeness (QED) is 0.717. The van der Waals surface area contributed by atoms with Gasteiger partial charge in [0.25, 0.3) is 5.91 Å². The third-order valence-electron chi connectivity index (χ3n) is 4.93. The lowest BCUT2D eigenvalue weighted by atomic mass is 10.0. The molecule has 0 saturated carbocycles. The van der Waals surface area contributed by atoms with E-state index in [1.54, 1.807) is 17.5 Å². The van der Waals surface area contributed by atoms with Crippen LogP contribution in [0.4, 0.5) is 0 Å². The smallest absolute Gasteiger partial charge is 0.298 e. The number of carbonyl (C=O) groups is 1. The van der Waals surface area contributed by atoms with E-state index in [9.17, 15) is 4.79 Å². The molecule has 3 aromatic rings. The van der Waals surface area contributed by atoms with Crippen molar-refractivity contribution < 1.29 is 18.5 Å². The number of benzene rings is 1. The molecule has 0 fully saturated rings. The van der Waals surface area contributed by atoms with Crippen LogP contribution in [-0.2, 0) is 11.3 Å². The van der Waals surface area contributed by atoms with Gasteiger partial charge >= 0.3 is 0 Å². The second-order valence-electron chi connectivity index (χ2n) is 7.28. The van der Waals surface area contributed by atoms with Crippen molar-refractivity contribution in [1.82, 2.24) is 5.01 Å². The Morgan fingerprint density at radius 2 is 1.89 bits per heavy atom. The van der Waals surface area contributed by atoms with Gasteiger partial charge in [0.1, 0.15) is 18.3 Å². The number of nitrogens with one attached hydrogen (secondary N) is 1. The number of hydrogen-bond donors (Lipinski definition) is 1. The molecule has 144 valence electrons. The maximum Gasteiger partial charge on any atom is 0.298 e. The second kappa shape index (κ2) is 7.86. The molecule has 1 aromatic carbocycles. The zero-order valence-corrected chi connectivity index (χ0v) is 16.1. The number of amides is 1. The van der Waals surface area contributed by atoms with Crippen LogP contribution in [-0.4, -0.2) is 30.2 Å². The summed E-state index contributed by atoms with van der Waals surface area (Å²) in [6.45, 7) is 3.02. The molecule has 2 aromatic heterocycles. The molecule has 3 heterocycles. The molecule has 28 heavy (non-hydrogen) atoms. The molecular formula is C22H24N3O3+. The average Bonchev–Trinajstić information content (AvgIpc) is 3.43. The molecule has 1 N–H and O–H groups in total. The number of aryl methyl sites for hydroxylation is 1. The van der Waals surface area contributed by atoms with Gasteiger partial charge in [0, 0.05) is 6.42 Å². The fourth-order valence-electron chi connectivity index (χ4n) is 3.48. The Bertz CT molecular complexity index is 944. The van der Waals surface area contributed by atoms with Gasteiger partial charge in [-0.25, -0.2) is 5.01 Å². The topological polar surface area (TPSA) is 63.4 Å². The predicted octanol–water partition coefficient (Wildman–Crippen LogP) is 2.57. The van der Waals surface area contributed by atoms with E-state index in [2.05, 4.69) is 36.3 Å². The van der Waals surface area contributed by atoms with Crippen LogP contribution in [0.1, 0.15) is 35.1 Å². The number of nitrogens with zero attached hydrogens (tertiary/aromatic N) is 2. The molecule has 1 aliphatic heterocycles. The molecular weight excluding hydrogens is 354 g/mol. The Hall–Kier alpha value is -3.12. The van der Waals surface area contributed by atoms with Gasteiger partial charge in [-0.1, -0.05) is 29.8 Å². The first-order chi connectivity index (χ1) is 13.6. The lowest BCUT2D eigenvalue weighted by molar-refractivity contribution is -0.886. The number of rotatable bonds is 6. The van der Waals surface area contributed by atoms with Gasteiger partial charge in [0.2, 0.25) is 0 Å². The zero-order valence-electron chi connectivity index (χ0n) is 16.1. The van der Waals surface area contributed by atoms with Crippen molar-refractivity contribution in [2.75, 3.05) is 13.6 Å². The van der Waals surface area contributed by atoms with Crippen LogP contribution >= 0.6 is 0 Å². The average molecular weight is 378 g/mol. The van der Waals surface area contributed by atoms with E-state index in [0.29, 0.717) is 19.5 Å². The molecule has 6 nitrogen and oxygen atoms in total. The van der Waals surface area contributed by atoms with Gasteiger partial charge in [-0.2, -0.15) is 5.10 Å². The van der Waals surface area contributed by atoms with Gasteiger partial charge in [0.05, 0.1) is 25.3 Å². The summed E-state index contributed by atoms with van der Waals surface area (Å²) in [7, 11) is 1.98. The zero-order chi connectivity index (χ0) is 19.5. The first-order valence-corrected chi connectivity index (χ1v) is 9.44. The highest BCUT2D eigenvalue weighted by Crippen LogP contribution is 2.32. The third kappa shape index (κ3) is 3.92. The number of furan rings is 2. The van der Waals surface area contributed by atoms with Gasteiger partial charge in [-0.15, -0.1) is 0 Å². The minimum atomic E-state index is -0.213. The summed E-state index contributed by atoms with van der Waals surface area (Å²) in [5.74, 6) is 1.58. The summed E-state index contributed by atoms with van der Waals surface area (Å²) < 4.78 is 11.0. The Balaban J connectivity index is 1.53. The molecule has 1 unspecified atom stereocenters. The Morgan fingerprint density at radius 3 is 2.57 bits per heavy atom. The molecule has 0 aliphatic carbocycles. The summed E-state index contributed by atoms with van der Waals surface area (Å²) in [6, 6.07) is 15.5. The van der Waals surface area contributed by atoms with Gasteiger partial charge in [0.15, 0.2) is 12.3 Å². The highest BCUT2D eigenvalue weighted by Gasteiger charge is 2.36. The minimum Gasteiger partial charge on any atom is -0.467 e. The van der Waals surface area contributed by atoms with E-state index in [1.807, 2.05) is 31.3 Å². The number of hydrazone groups is 1. The van der Waals surface area contributed by atoms with E-state index in [4.69, 9.17) is 8.83 Å². The maximum absolute atomic E-state index is 13.0. The van der Waals surface area contributed by atoms with Crippen molar-refractivity contribution >= 4 is 11.6 Å². The van der Waals surface area contributed by atoms with Crippen molar-refractivity contribution in [3.63, 3.8) is 0 Å². The molecule has 6 heteroatoms. The van der Waals surface area contributed by atoms with Crippen molar-refractivity contribution in [1.29, 1.82) is 0 Å². The van der Waals surface area contributed by atoms with E-state index < -0.39 is 0 Å². The normalized spacial score (nSPS) is 17.6. The first kappa shape index (κ1) is 18.3. The molecule has 2 atom stereocenters. The molecule has 4 rings (SSSR count). The number of carbonyl (C=O) groups excluding carboxylic acids is 1. The lowest BCUT2D eigenvalue weighted by Gasteiger charge is -2.21. The Morgan fingerprint density at radius 1 is 1.14 bits per heavy atom. The summed E-state index contributed by atoms with van der Waals surface area (Å²) >= 11 is 0. The van der Waals surface area contributed by atoms with Crippen molar-refractivity contribution in [2.45, 2.75) is 25.9 Å². The van der Waals surface area contributed by atoms with Crippen LogP contribution in [0.2, 0.25) is 0 Å². The minimum absolute atomic E-state index is 0.0347. The molecule has 0 bridgehead atoms. The highest BCUT2D eigenvalue weighted by atomic mass is 16.3. The third-order valence-corrected chi connectivity index (χ3v) is 4.93. The van der Waals surface area contributed by atoms with Crippen molar-refractivity contribution in [2.24, 2.45) is 5.10 Å². The molecule has 0 spiro atoms. The second-order valence-corrected chi connectivity index (χ2v) is 7.28. The predicted molar refractivity (Wildman–Crippen MR) is 105 cm³/mol. The van der Waals surface area contributed by atoms with E-state index in [-0.39, 0.29) is 11.9 Å². The molecule has 1 amide bonds. The number of quaternary nitrogens is 1. The van der Waals surface area contributed by atoms with Crippen molar-refractivity contribution in [3.05, 3.63) is 83.7 Å². The SMILES string of the molecule is Cc1ccc(C2=NN(C(=O)C[NH+](C)Cc3ccco3)[C@@H](c3ccco3)C2)cc1. The highest BCUT2D eigenvalue weighted by molar-refractivity contribution is 6.03. The molecule has 0 radical (unpaired) electrons. The fourth-order valence-corrected chi connectivity index (χ4v) is 3.48. The van der Waals surface area contributed by atoms with E-state index >= 15 is 0 Å². The van der Waals surface area contributed by atoms with Gasteiger partial charge < -0.3 is 13.7 Å². The van der Waals surface area contributed by atoms with Crippen LogP contribution < -0.4 is 4.90 Å². The van der Waals surface area contributed by atoms with Crippen molar-refractivity contribution in [3.8, 4) is 0 Å². The maximum atomic E-state index is 13.0. The summed E-state index contributed by atoms with van der Waals surface area (Å²) in [6.07, 6.45) is 3.92. The first-order valence-electron chi connectivity index (χ1n) is 9.44. The van der Waals surface area contributed by atoms with Gasteiger partial charge in [-0.05, 0) is 36.8 Å². The summed E-state index contributed by atoms with van der Waals surface area (Å²) in [5, 5.41) is 6.26. The van der Waals surface area contributed by atoms with Crippen LogP contribution in [0, 0.1) is 6.92 Å². The van der Waals surface area contributed by atoms with Crippen LogP contribution in [0.15, 0.2) is 75.0 Å². The number of hydrogen-bond acceptors (Lipinski definition) is 4. The lowest BCUT2D eigenvalue weighted by Crippen LogP contribution is -3.08. The Labute approximate surface area is 164 Å². The van der Waals surface area contributed by atoms with E-state index in [1.165, 1.54) is 5.56 Å². The van der Waals surface area contributed by atoms with Crippen LogP contribution in [0.25, 0.3) is 0 Å². The van der Waals surface area contributed by atoms with E-state index in [0.717, 1.165) is 27.7 Å². The van der Waals surface area contributed by atoms with Crippen LogP contribution in [0.5, 0.6) is 0 Å². The number of likely N-dealkylation sites (N-methyl/N-ethyl adjacent to an activating group) is 1. The fraction of sp³-hybridized carbons (Fsp3) is 0.273. The summed E-state index contributed by atoms with van der Waals surface area (Å²) in [5.41, 5.74) is 3.13. The monoisotopic (exact) mass is 378 g/mol. The molecule has 1 aliphatic rings.